The van der Waals surface area contributed by atoms with Gasteiger partial charge in [-0.15, -0.1) is 0 Å². The zero-order valence-corrected chi connectivity index (χ0v) is 16.3. The molecular weight excluding hydrogens is 356 g/mol. The summed E-state index contributed by atoms with van der Waals surface area (Å²) in [5.41, 5.74) is 1.43. The Morgan fingerprint density at radius 1 is 1.12 bits per heavy atom. The Balaban J connectivity index is 2.36. The van der Waals surface area contributed by atoms with Crippen molar-refractivity contribution in [2.75, 3.05) is 37.5 Å². The number of aromatic nitrogens is 2. The van der Waals surface area contributed by atoms with Crippen molar-refractivity contribution in [1.29, 1.82) is 0 Å². The lowest BCUT2D eigenvalue weighted by atomic mass is 10.2. The van der Waals surface area contributed by atoms with E-state index in [1.807, 2.05) is 25.7 Å². The molecule has 7 nitrogen and oxygen atoms in total. The molecule has 26 heavy (non-hydrogen) atoms. The molecule has 0 spiro atoms. The van der Waals surface area contributed by atoms with Crippen LogP contribution in [0.15, 0.2) is 18.2 Å². The molecule has 2 rings (SSSR count). The van der Waals surface area contributed by atoms with Crippen molar-refractivity contribution < 1.29 is 14.3 Å². The predicted octanol–water partition coefficient (Wildman–Crippen LogP) is 3.55. The van der Waals surface area contributed by atoms with Gasteiger partial charge in [-0.1, -0.05) is 11.6 Å². The number of rotatable bonds is 7. The molecule has 1 aromatic carbocycles. The maximum Gasteiger partial charge on any atom is 0.274 e. The Labute approximate surface area is 158 Å². The number of aryl methyl sites for hydroxylation is 1. The van der Waals surface area contributed by atoms with Gasteiger partial charge in [-0.05, 0) is 26.8 Å². The van der Waals surface area contributed by atoms with Crippen LogP contribution < -0.4 is 19.7 Å². The fourth-order valence-corrected chi connectivity index (χ4v) is 2.69. The van der Waals surface area contributed by atoms with Crippen LogP contribution in [0.25, 0.3) is 0 Å². The lowest BCUT2D eigenvalue weighted by Gasteiger charge is -2.19. The second kappa shape index (κ2) is 8.71. The van der Waals surface area contributed by atoms with Gasteiger partial charge in [0.2, 0.25) is 5.95 Å². The summed E-state index contributed by atoms with van der Waals surface area (Å²) in [7, 11) is 3.00. The molecule has 1 N–H and O–H groups in total. The van der Waals surface area contributed by atoms with E-state index in [2.05, 4.69) is 15.3 Å². The van der Waals surface area contributed by atoms with Gasteiger partial charge in [0, 0.05) is 30.9 Å². The molecule has 0 bridgehead atoms. The monoisotopic (exact) mass is 378 g/mol. The largest absolute Gasteiger partial charge is 0.495 e. The number of carbonyl (C=O) groups excluding carboxylic acids is 1. The third kappa shape index (κ3) is 4.35. The molecule has 0 aliphatic rings. The molecule has 0 fully saturated rings. The zero-order valence-electron chi connectivity index (χ0n) is 15.6. The lowest BCUT2D eigenvalue weighted by Crippen LogP contribution is -2.26. The standard InChI is InChI=1S/C18H23ClN4O3/c1-6-23(7-2)18-20-11(3)8-14(22-18)17(24)21-13-10-15(25-4)12(19)9-16(13)26-5/h8-10H,6-7H2,1-5H3,(H,21,24). The van der Waals surface area contributed by atoms with Gasteiger partial charge >= 0.3 is 0 Å². The molecule has 2 aromatic rings. The van der Waals surface area contributed by atoms with E-state index in [1.54, 1.807) is 18.2 Å². The quantitative estimate of drug-likeness (QED) is 0.793. The van der Waals surface area contributed by atoms with Gasteiger partial charge in [-0.25, -0.2) is 9.97 Å². The highest BCUT2D eigenvalue weighted by Gasteiger charge is 2.17. The minimum absolute atomic E-state index is 0.273. The van der Waals surface area contributed by atoms with E-state index in [9.17, 15) is 4.79 Å². The molecule has 0 radical (unpaired) electrons. The summed E-state index contributed by atoms with van der Waals surface area (Å²) in [6.07, 6.45) is 0. The van der Waals surface area contributed by atoms with E-state index in [1.165, 1.54) is 14.2 Å². The number of nitrogens with one attached hydrogen (secondary N) is 1. The van der Waals surface area contributed by atoms with Gasteiger partial charge in [-0.2, -0.15) is 0 Å². The normalized spacial score (nSPS) is 10.4. The Kier molecular flexibility index (Phi) is 6.63. The third-order valence-corrected chi connectivity index (χ3v) is 4.14. The highest BCUT2D eigenvalue weighted by molar-refractivity contribution is 6.32. The fourth-order valence-electron chi connectivity index (χ4n) is 2.46. The van der Waals surface area contributed by atoms with E-state index in [-0.39, 0.29) is 11.6 Å². The van der Waals surface area contributed by atoms with Crippen molar-refractivity contribution in [2.24, 2.45) is 0 Å². The molecule has 0 aliphatic carbocycles. The van der Waals surface area contributed by atoms with Gasteiger partial charge in [0.15, 0.2) is 0 Å². The second-order valence-corrected chi connectivity index (χ2v) is 5.92. The fraction of sp³-hybridized carbons (Fsp3) is 0.389. The number of hydrogen-bond donors (Lipinski definition) is 1. The first kappa shape index (κ1) is 19.8. The molecule has 0 saturated heterocycles. The molecule has 0 saturated carbocycles. The molecule has 0 atom stereocenters. The molecule has 0 aliphatic heterocycles. The number of hydrogen-bond acceptors (Lipinski definition) is 6. The van der Waals surface area contributed by atoms with Crippen LogP contribution in [0.3, 0.4) is 0 Å². The number of amides is 1. The van der Waals surface area contributed by atoms with E-state index in [4.69, 9.17) is 21.1 Å². The van der Waals surface area contributed by atoms with E-state index >= 15 is 0 Å². The number of nitrogens with zero attached hydrogens (tertiary/aromatic N) is 3. The first-order valence-electron chi connectivity index (χ1n) is 8.26. The number of benzene rings is 1. The van der Waals surface area contributed by atoms with Gasteiger partial charge < -0.3 is 19.7 Å². The summed E-state index contributed by atoms with van der Waals surface area (Å²) in [5, 5.41) is 3.19. The number of anilines is 2. The average molecular weight is 379 g/mol. The molecule has 1 aromatic heterocycles. The summed E-state index contributed by atoms with van der Waals surface area (Å²) in [5.74, 6) is 1.02. The minimum Gasteiger partial charge on any atom is -0.495 e. The van der Waals surface area contributed by atoms with Crippen LogP contribution in [-0.2, 0) is 0 Å². The maximum absolute atomic E-state index is 12.7. The van der Waals surface area contributed by atoms with E-state index in [0.29, 0.717) is 33.9 Å². The number of ether oxygens (including phenoxy) is 2. The average Bonchev–Trinajstić information content (AvgIpc) is 2.63. The smallest absolute Gasteiger partial charge is 0.274 e. The van der Waals surface area contributed by atoms with Gasteiger partial charge in [0.25, 0.3) is 5.91 Å². The van der Waals surface area contributed by atoms with Crippen LogP contribution in [0, 0.1) is 6.92 Å². The minimum atomic E-state index is -0.369. The molecule has 8 heteroatoms. The summed E-state index contributed by atoms with van der Waals surface area (Å²) >= 11 is 6.10. The third-order valence-electron chi connectivity index (χ3n) is 3.84. The highest BCUT2D eigenvalue weighted by Crippen LogP contribution is 2.36. The Morgan fingerprint density at radius 3 is 2.35 bits per heavy atom. The summed E-state index contributed by atoms with van der Waals surface area (Å²) in [4.78, 5) is 23.5. The number of carbonyl (C=O) groups is 1. The first-order valence-corrected chi connectivity index (χ1v) is 8.64. The van der Waals surface area contributed by atoms with Gasteiger partial charge in [-0.3, -0.25) is 4.79 Å². The Bertz CT molecular complexity index is 794. The molecule has 1 heterocycles. The van der Waals surface area contributed by atoms with E-state index < -0.39 is 0 Å². The second-order valence-electron chi connectivity index (χ2n) is 5.51. The molecular formula is C18H23ClN4O3. The number of halogens is 1. The zero-order chi connectivity index (χ0) is 19.3. The summed E-state index contributed by atoms with van der Waals surface area (Å²) < 4.78 is 10.5. The van der Waals surface area contributed by atoms with Crippen LogP contribution in [0.2, 0.25) is 5.02 Å². The Morgan fingerprint density at radius 2 is 1.77 bits per heavy atom. The van der Waals surface area contributed by atoms with Crippen LogP contribution in [0.4, 0.5) is 11.6 Å². The summed E-state index contributed by atoms with van der Waals surface area (Å²) in [6, 6.07) is 4.84. The topological polar surface area (TPSA) is 76.6 Å². The Hall–Kier alpha value is -2.54. The van der Waals surface area contributed by atoms with Gasteiger partial charge in [0.05, 0.1) is 24.9 Å². The van der Waals surface area contributed by atoms with Crippen molar-refractivity contribution in [3.05, 3.63) is 34.6 Å². The molecule has 1 amide bonds. The SMILES string of the molecule is CCN(CC)c1nc(C)cc(C(=O)Nc2cc(OC)c(Cl)cc2OC)n1. The molecule has 140 valence electrons. The van der Waals surface area contributed by atoms with Crippen LogP contribution in [-0.4, -0.2) is 43.2 Å². The number of methoxy groups -OCH3 is 2. The van der Waals surface area contributed by atoms with Crippen LogP contribution in [0.5, 0.6) is 11.5 Å². The van der Waals surface area contributed by atoms with Crippen LogP contribution in [0.1, 0.15) is 30.0 Å². The van der Waals surface area contributed by atoms with Crippen molar-refractivity contribution in [3.8, 4) is 11.5 Å². The van der Waals surface area contributed by atoms with Crippen molar-refractivity contribution >= 4 is 29.1 Å². The first-order chi connectivity index (χ1) is 12.4. The maximum atomic E-state index is 12.7. The van der Waals surface area contributed by atoms with Gasteiger partial charge in [0.1, 0.15) is 17.2 Å². The van der Waals surface area contributed by atoms with Crippen molar-refractivity contribution in [2.45, 2.75) is 20.8 Å². The van der Waals surface area contributed by atoms with E-state index in [0.717, 1.165) is 13.1 Å². The predicted molar refractivity (Wildman–Crippen MR) is 103 cm³/mol. The molecule has 0 unspecified atom stereocenters. The lowest BCUT2D eigenvalue weighted by molar-refractivity contribution is 0.102. The highest BCUT2D eigenvalue weighted by atomic mass is 35.5. The summed E-state index contributed by atoms with van der Waals surface area (Å²) in [6.45, 7) is 7.36. The van der Waals surface area contributed by atoms with Crippen molar-refractivity contribution in [1.82, 2.24) is 9.97 Å². The van der Waals surface area contributed by atoms with Crippen LogP contribution >= 0.6 is 11.6 Å². The van der Waals surface area contributed by atoms with Crippen molar-refractivity contribution in [3.63, 3.8) is 0 Å².